The second kappa shape index (κ2) is 8.71. The van der Waals surface area contributed by atoms with Crippen molar-refractivity contribution < 1.29 is 0 Å². The van der Waals surface area contributed by atoms with Gasteiger partial charge < -0.3 is 15.5 Å². The van der Waals surface area contributed by atoms with Crippen molar-refractivity contribution >= 4 is 38.9 Å². The maximum absolute atomic E-state index is 5.32. The molecule has 0 aliphatic carbocycles. The molecular formula is C16H24BrN3S. The maximum Gasteiger partial charge on any atom is 0.170 e. The predicted molar refractivity (Wildman–Crippen MR) is 97.8 cm³/mol. The van der Waals surface area contributed by atoms with Crippen molar-refractivity contribution in [1.29, 1.82) is 0 Å². The molecule has 1 saturated heterocycles. The molecule has 5 heteroatoms. The molecule has 1 fully saturated rings. The van der Waals surface area contributed by atoms with Crippen LogP contribution in [0.2, 0.25) is 0 Å². The highest BCUT2D eigenvalue weighted by Gasteiger charge is 2.15. The third-order valence-electron chi connectivity index (χ3n) is 3.76. The Morgan fingerprint density at radius 1 is 1.48 bits per heavy atom. The summed E-state index contributed by atoms with van der Waals surface area (Å²) < 4.78 is 1.05. The van der Waals surface area contributed by atoms with Crippen LogP contribution < -0.4 is 10.6 Å². The van der Waals surface area contributed by atoms with Crippen molar-refractivity contribution in [2.45, 2.75) is 26.2 Å². The number of nitrogens with one attached hydrogen (secondary N) is 2. The van der Waals surface area contributed by atoms with Gasteiger partial charge in [-0.15, -0.1) is 0 Å². The molecule has 1 aliphatic rings. The third-order valence-corrected chi connectivity index (χ3v) is 4.50. The number of likely N-dealkylation sites (tertiary alicyclic amines) is 1. The van der Waals surface area contributed by atoms with E-state index in [2.05, 4.69) is 38.4 Å². The number of rotatable bonds is 5. The van der Waals surface area contributed by atoms with Gasteiger partial charge >= 0.3 is 0 Å². The number of piperidine rings is 1. The Balaban J connectivity index is 1.61. The summed E-state index contributed by atoms with van der Waals surface area (Å²) in [5.41, 5.74) is 1.01. The minimum absolute atomic E-state index is 0.695. The fourth-order valence-electron chi connectivity index (χ4n) is 2.74. The van der Waals surface area contributed by atoms with E-state index in [0.29, 0.717) is 5.11 Å². The topological polar surface area (TPSA) is 27.3 Å². The molecule has 1 aromatic carbocycles. The first-order valence-corrected chi connectivity index (χ1v) is 8.86. The van der Waals surface area contributed by atoms with E-state index in [9.17, 15) is 0 Å². The molecule has 116 valence electrons. The quantitative estimate of drug-likeness (QED) is 0.608. The van der Waals surface area contributed by atoms with Gasteiger partial charge in [0.25, 0.3) is 0 Å². The Bertz CT molecular complexity index is 467. The lowest BCUT2D eigenvalue weighted by atomic mass is 10.0. The van der Waals surface area contributed by atoms with E-state index in [-0.39, 0.29) is 0 Å². The first-order chi connectivity index (χ1) is 10.1. The molecule has 2 rings (SSSR count). The van der Waals surface area contributed by atoms with Crippen LogP contribution in [0.5, 0.6) is 0 Å². The fraction of sp³-hybridized carbons (Fsp3) is 0.562. The predicted octanol–water partition coefficient (Wildman–Crippen LogP) is 3.86. The molecule has 2 N–H and O–H groups in total. The number of benzene rings is 1. The fourth-order valence-corrected chi connectivity index (χ4v) is 3.36. The molecule has 0 radical (unpaired) electrons. The van der Waals surface area contributed by atoms with E-state index in [1.165, 1.54) is 25.9 Å². The number of nitrogens with zero attached hydrogens (tertiary/aromatic N) is 1. The number of anilines is 1. The zero-order valence-corrected chi connectivity index (χ0v) is 15.0. The number of halogens is 1. The molecule has 0 amide bonds. The Morgan fingerprint density at radius 3 is 3.10 bits per heavy atom. The van der Waals surface area contributed by atoms with Crippen LogP contribution in [0, 0.1) is 5.92 Å². The SMILES string of the molecule is C[C@@H]1CCCN(CCCNC(=S)Nc2cccc(Br)c2)C1. The number of hydrogen-bond acceptors (Lipinski definition) is 2. The van der Waals surface area contributed by atoms with Crippen LogP contribution in [0.15, 0.2) is 28.7 Å². The molecule has 3 nitrogen and oxygen atoms in total. The lowest BCUT2D eigenvalue weighted by Gasteiger charge is -2.30. The number of hydrogen-bond donors (Lipinski definition) is 2. The Morgan fingerprint density at radius 2 is 2.33 bits per heavy atom. The van der Waals surface area contributed by atoms with Gasteiger partial charge in [0.2, 0.25) is 0 Å². The van der Waals surface area contributed by atoms with E-state index >= 15 is 0 Å². The molecule has 0 saturated carbocycles. The average molecular weight is 370 g/mol. The highest BCUT2D eigenvalue weighted by molar-refractivity contribution is 9.10. The number of thiocarbonyl (C=S) groups is 1. The molecule has 0 spiro atoms. The van der Waals surface area contributed by atoms with E-state index in [0.717, 1.165) is 35.6 Å². The highest BCUT2D eigenvalue weighted by Crippen LogP contribution is 2.16. The van der Waals surface area contributed by atoms with Crippen molar-refractivity contribution in [2.75, 3.05) is 31.5 Å². The van der Waals surface area contributed by atoms with Gasteiger partial charge in [-0.3, -0.25) is 0 Å². The molecule has 0 unspecified atom stereocenters. The van der Waals surface area contributed by atoms with Gasteiger partial charge in [0.15, 0.2) is 5.11 Å². The highest BCUT2D eigenvalue weighted by atomic mass is 79.9. The molecular weight excluding hydrogens is 346 g/mol. The van der Waals surface area contributed by atoms with Gasteiger partial charge in [0, 0.05) is 23.2 Å². The lowest BCUT2D eigenvalue weighted by Crippen LogP contribution is -2.37. The van der Waals surface area contributed by atoms with E-state index in [1.54, 1.807) is 0 Å². The molecule has 0 aromatic heterocycles. The van der Waals surface area contributed by atoms with Crippen LogP contribution in [0.3, 0.4) is 0 Å². The van der Waals surface area contributed by atoms with E-state index < -0.39 is 0 Å². The van der Waals surface area contributed by atoms with Gasteiger partial charge in [-0.2, -0.15) is 0 Å². The smallest absolute Gasteiger partial charge is 0.170 e. The third kappa shape index (κ3) is 6.32. The molecule has 1 heterocycles. The zero-order chi connectivity index (χ0) is 15.1. The van der Waals surface area contributed by atoms with Gasteiger partial charge in [0.1, 0.15) is 0 Å². The molecule has 1 aliphatic heterocycles. The van der Waals surface area contributed by atoms with Crippen LogP contribution in [0.1, 0.15) is 26.2 Å². The van der Waals surface area contributed by atoms with Gasteiger partial charge in [-0.1, -0.05) is 28.9 Å². The second-order valence-electron chi connectivity index (χ2n) is 5.79. The summed E-state index contributed by atoms with van der Waals surface area (Å²) in [5.74, 6) is 0.853. The van der Waals surface area contributed by atoms with Crippen molar-refractivity contribution in [3.63, 3.8) is 0 Å². The minimum Gasteiger partial charge on any atom is -0.362 e. The first-order valence-electron chi connectivity index (χ1n) is 7.66. The van der Waals surface area contributed by atoms with Crippen LogP contribution in [0.4, 0.5) is 5.69 Å². The summed E-state index contributed by atoms with van der Waals surface area (Å²) in [5, 5.41) is 7.18. The van der Waals surface area contributed by atoms with Gasteiger partial charge in [-0.25, -0.2) is 0 Å². The molecule has 1 aromatic rings. The van der Waals surface area contributed by atoms with E-state index in [1.807, 2.05) is 24.3 Å². The van der Waals surface area contributed by atoms with Crippen LogP contribution in [0.25, 0.3) is 0 Å². The second-order valence-corrected chi connectivity index (χ2v) is 7.12. The van der Waals surface area contributed by atoms with Crippen LogP contribution in [-0.2, 0) is 0 Å². The standard InChI is InChI=1S/C16H24BrN3S/c1-13-5-3-9-20(12-13)10-4-8-18-16(21)19-15-7-2-6-14(17)11-15/h2,6-7,11,13H,3-5,8-10,12H2,1H3,(H2,18,19,21)/t13-/m1/s1. The maximum atomic E-state index is 5.32. The van der Waals surface area contributed by atoms with Crippen molar-refractivity contribution in [3.8, 4) is 0 Å². The summed E-state index contributed by atoms with van der Waals surface area (Å²) in [6, 6.07) is 8.02. The Kier molecular flexibility index (Phi) is 6.93. The summed E-state index contributed by atoms with van der Waals surface area (Å²) in [7, 11) is 0. The lowest BCUT2D eigenvalue weighted by molar-refractivity contribution is 0.182. The van der Waals surface area contributed by atoms with Crippen molar-refractivity contribution in [3.05, 3.63) is 28.7 Å². The Hall–Kier alpha value is -0.650. The van der Waals surface area contributed by atoms with Crippen LogP contribution >= 0.6 is 28.1 Å². The first kappa shape index (κ1) is 16.7. The van der Waals surface area contributed by atoms with Crippen molar-refractivity contribution in [1.82, 2.24) is 10.2 Å². The zero-order valence-electron chi connectivity index (χ0n) is 12.6. The monoisotopic (exact) mass is 369 g/mol. The molecule has 1 atom stereocenters. The summed E-state index contributed by atoms with van der Waals surface area (Å²) in [6.45, 7) is 6.94. The summed E-state index contributed by atoms with van der Waals surface area (Å²) in [4.78, 5) is 2.57. The largest absolute Gasteiger partial charge is 0.362 e. The summed E-state index contributed by atoms with van der Waals surface area (Å²) in [6.07, 6.45) is 3.86. The Labute approximate surface area is 141 Å². The summed E-state index contributed by atoms with van der Waals surface area (Å²) >= 11 is 8.77. The van der Waals surface area contributed by atoms with E-state index in [4.69, 9.17) is 12.2 Å². The normalized spacial score (nSPS) is 19.2. The molecule has 21 heavy (non-hydrogen) atoms. The van der Waals surface area contributed by atoms with Crippen molar-refractivity contribution in [2.24, 2.45) is 5.92 Å². The van der Waals surface area contributed by atoms with Gasteiger partial charge in [0.05, 0.1) is 0 Å². The van der Waals surface area contributed by atoms with Crippen LogP contribution in [-0.4, -0.2) is 36.2 Å². The average Bonchev–Trinajstić information content (AvgIpc) is 2.44. The van der Waals surface area contributed by atoms with Gasteiger partial charge in [-0.05, 0) is 68.7 Å². The molecule has 0 bridgehead atoms. The minimum atomic E-state index is 0.695.